The van der Waals surface area contributed by atoms with Crippen LogP contribution in [-0.2, 0) is 6.18 Å². The van der Waals surface area contributed by atoms with Crippen molar-refractivity contribution in [2.75, 3.05) is 0 Å². The molecule has 0 heterocycles. The zero-order valence-corrected chi connectivity index (χ0v) is 15.2. The van der Waals surface area contributed by atoms with Crippen molar-refractivity contribution in [2.24, 2.45) is 4.99 Å². The molecule has 0 aromatic heterocycles. The molecule has 0 saturated carbocycles. The van der Waals surface area contributed by atoms with Gasteiger partial charge in [0.05, 0.1) is 21.7 Å². The number of nitrogens with zero attached hydrogens (tertiary/aromatic N) is 2. The summed E-state index contributed by atoms with van der Waals surface area (Å²) in [4.78, 5) is 26.2. The maximum absolute atomic E-state index is 12.7. The van der Waals surface area contributed by atoms with Crippen molar-refractivity contribution in [1.29, 1.82) is 0 Å². The van der Waals surface area contributed by atoms with Crippen LogP contribution >= 0.6 is 0 Å². The van der Waals surface area contributed by atoms with Crippen LogP contribution in [0.1, 0.15) is 21.5 Å². The summed E-state index contributed by atoms with van der Waals surface area (Å²) in [5, 5.41) is 10.6. The van der Waals surface area contributed by atoms with Crippen molar-refractivity contribution in [3.63, 3.8) is 0 Å². The summed E-state index contributed by atoms with van der Waals surface area (Å²) in [5.41, 5.74) is -0.0431. The third-order valence-electron chi connectivity index (χ3n) is 3.94. The summed E-state index contributed by atoms with van der Waals surface area (Å²) in [6, 6.07) is 15.8. The van der Waals surface area contributed by atoms with Crippen molar-refractivity contribution >= 4 is 23.6 Å². The summed E-state index contributed by atoms with van der Waals surface area (Å²) in [7, 11) is 0. The van der Waals surface area contributed by atoms with Crippen molar-refractivity contribution in [2.45, 2.75) is 6.18 Å². The number of nitro groups is 1. The second kappa shape index (κ2) is 8.56. The molecule has 6 nitrogen and oxygen atoms in total. The van der Waals surface area contributed by atoms with Crippen molar-refractivity contribution < 1.29 is 27.6 Å². The molecule has 0 unspecified atom stereocenters. The molecule has 0 aliphatic carbocycles. The summed E-state index contributed by atoms with van der Waals surface area (Å²) in [5.74, 6) is -0.454. The van der Waals surface area contributed by atoms with Gasteiger partial charge in [0.1, 0.15) is 5.75 Å². The van der Waals surface area contributed by atoms with E-state index in [1.807, 2.05) is 0 Å². The lowest BCUT2D eigenvalue weighted by molar-refractivity contribution is -0.384. The lowest BCUT2D eigenvalue weighted by Crippen LogP contribution is -2.08. The lowest BCUT2D eigenvalue weighted by Gasteiger charge is -2.06. The number of esters is 1. The molecule has 0 radical (unpaired) electrons. The topological polar surface area (TPSA) is 81.8 Å². The molecule has 0 amide bonds. The van der Waals surface area contributed by atoms with Gasteiger partial charge in [0.25, 0.3) is 5.69 Å². The molecule has 0 aliphatic heterocycles. The van der Waals surface area contributed by atoms with E-state index in [1.54, 1.807) is 12.1 Å². The molecule has 0 aliphatic rings. The van der Waals surface area contributed by atoms with Crippen LogP contribution in [0.15, 0.2) is 77.8 Å². The van der Waals surface area contributed by atoms with E-state index < -0.39 is 22.6 Å². The number of halogens is 3. The molecule has 30 heavy (non-hydrogen) atoms. The molecule has 152 valence electrons. The van der Waals surface area contributed by atoms with Gasteiger partial charge in [-0.25, -0.2) is 4.79 Å². The summed E-state index contributed by atoms with van der Waals surface area (Å²) in [6.45, 7) is 0. The zero-order valence-electron chi connectivity index (χ0n) is 15.2. The van der Waals surface area contributed by atoms with Gasteiger partial charge in [-0.3, -0.25) is 15.1 Å². The highest BCUT2D eigenvalue weighted by atomic mass is 19.4. The Morgan fingerprint density at radius 3 is 2.27 bits per heavy atom. The number of rotatable bonds is 5. The Morgan fingerprint density at radius 1 is 1.00 bits per heavy atom. The van der Waals surface area contributed by atoms with E-state index in [2.05, 4.69) is 4.99 Å². The number of ether oxygens (including phenoxy) is 1. The molecule has 3 aromatic rings. The van der Waals surface area contributed by atoms with Gasteiger partial charge in [-0.05, 0) is 60.2 Å². The number of alkyl halides is 3. The van der Waals surface area contributed by atoms with Crippen LogP contribution in [0.4, 0.5) is 24.5 Å². The minimum absolute atomic E-state index is 0.143. The Kier molecular flexibility index (Phi) is 5.91. The average molecular weight is 414 g/mol. The van der Waals surface area contributed by atoms with Crippen LogP contribution in [0.2, 0.25) is 0 Å². The van der Waals surface area contributed by atoms with Gasteiger partial charge in [-0.2, -0.15) is 13.2 Å². The van der Waals surface area contributed by atoms with Gasteiger partial charge < -0.3 is 4.74 Å². The van der Waals surface area contributed by atoms with Crippen LogP contribution in [0, 0.1) is 10.1 Å². The fourth-order valence-corrected chi connectivity index (χ4v) is 2.42. The maximum Gasteiger partial charge on any atom is 0.416 e. The molecule has 0 spiro atoms. The Bertz CT molecular complexity index is 1090. The van der Waals surface area contributed by atoms with E-state index in [0.29, 0.717) is 5.56 Å². The van der Waals surface area contributed by atoms with E-state index in [0.717, 1.165) is 12.1 Å². The van der Waals surface area contributed by atoms with Crippen LogP contribution in [0.25, 0.3) is 0 Å². The van der Waals surface area contributed by atoms with Crippen molar-refractivity contribution in [1.82, 2.24) is 0 Å². The summed E-state index contributed by atoms with van der Waals surface area (Å²) < 4.78 is 43.4. The normalized spacial score (nSPS) is 11.4. The highest BCUT2D eigenvalue weighted by Crippen LogP contribution is 2.31. The zero-order chi connectivity index (χ0) is 21.7. The number of non-ortho nitro benzene ring substituents is 1. The first-order valence-electron chi connectivity index (χ1n) is 8.50. The van der Waals surface area contributed by atoms with Crippen molar-refractivity contribution in [3.8, 4) is 5.75 Å². The Labute approximate surface area is 168 Å². The standard InChI is InChI=1S/C21H13F3N2O4/c22-21(23,24)16-2-1-3-17(12-16)25-13-14-4-10-19(11-5-14)30-20(27)15-6-8-18(9-7-15)26(28)29/h1-13H. The molecule has 0 atom stereocenters. The largest absolute Gasteiger partial charge is 0.423 e. The Morgan fingerprint density at radius 2 is 1.67 bits per heavy atom. The predicted molar refractivity (Wildman–Crippen MR) is 103 cm³/mol. The Balaban J connectivity index is 1.65. The quantitative estimate of drug-likeness (QED) is 0.179. The molecule has 3 aromatic carbocycles. The molecular formula is C21H13F3N2O4. The maximum atomic E-state index is 12.7. The number of carbonyl (C=O) groups excluding carboxylic acids is 1. The van der Waals surface area contributed by atoms with E-state index >= 15 is 0 Å². The fourth-order valence-electron chi connectivity index (χ4n) is 2.42. The first kappa shape index (κ1) is 20.7. The number of benzene rings is 3. The van der Waals surface area contributed by atoms with E-state index in [-0.39, 0.29) is 22.7 Å². The second-order valence-electron chi connectivity index (χ2n) is 6.07. The van der Waals surface area contributed by atoms with Crippen LogP contribution < -0.4 is 4.74 Å². The van der Waals surface area contributed by atoms with E-state index in [9.17, 15) is 28.1 Å². The number of carbonyl (C=O) groups is 1. The van der Waals surface area contributed by atoms with Gasteiger partial charge >= 0.3 is 12.1 Å². The molecular weight excluding hydrogens is 401 g/mol. The number of aliphatic imine (C=N–C) groups is 1. The monoisotopic (exact) mass is 414 g/mol. The van der Waals surface area contributed by atoms with E-state index in [4.69, 9.17) is 4.74 Å². The Hall–Kier alpha value is -4.01. The first-order valence-corrected chi connectivity index (χ1v) is 8.50. The highest BCUT2D eigenvalue weighted by molar-refractivity contribution is 5.91. The SMILES string of the molecule is O=C(Oc1ccc(C=Nc2cccc(C(F)(F)F)c2)cc1)c1ccc([N+](=O)[O-])cc1. The average Bonchev–Trinajstić information content (AvgIpc) is 2.73. The smallest absolute Gasteiger partial charge is 0.416 e. The van der Waals surface area contributed by atoms with Crippen LogP contribution in [0.5, 0.6) is 5.75 Å². The van der Waals surface area contributed by atoms with Crippen LogP contribution in [-0.4, -0.2) is 17.1 Å². The highest BCUT2D eigenvalue weighted by Gasteiger charge is 2.30. The number of nitro benzene ring substituents is 1. The minimum atomic E-state index is -4.44. The third kappa shape index (κ3) is 5.28. The van der Waals surface area contributed by atoms with E-state index in [1.165, 1.54) is 54.7 Å². The van der Waals surface area contributed by atoms with Gasteiger partial charge in [-0.15, -0.1) is 0 Å². The second-order valence-corrected chi connectivity index (χ2v) is 6.07. The molecule has 9 heteroatoms. The number of hydrogen-bond donors (Lipinski definition) is 0. The summed E-state index contributed by atoms with van der Waals surface area (Å²) >= 11 is 0. The van der Waals surface area contributed by atoms with Gasteiger partial charge in [-0.1, -0.05) is 6.07 Å². The van der Waals surface area contributed by atoms with Gasteiger partial charge in [0.2, 0.25) is 0 Å². The fraction of sp³-hybridized carbons (Fsp3) is 0.0476. The lowest BCUT2D eigenvalue weighted by atomic mass is 10.2. The van der Waals surface area contributed by atoms with Gasteiger partial charge in [0.15, 0.2) is 0 Å². The molecule has 0 bridgehead atoms. The number of hydrogen-bond acceptors (Lipinski definition) is 5. The molecule has 0 saturated heterocycles. The summed E-state index contributed by atoms with van der Waals surface area (Å²) in [6.07, 6.45) is -3.06. The molecule has 3 rings (SSSR count). The van der Waals surface area contributed by atoms with Crippen molar-refractivity contribution in [3.05, 3.63) is 99.6 Å². The van der Waals surface area contributed by atoms with Gasteiger partial charge in [0, 0.05) is 18.3 Å². The predicted octanol–water partition coefficient (Wildman–Crippen LogP) is 5.58. The minimum Gasteiger partial charge on any atom is -0.423 e. The third-order valence-corrected chi connectivity index (χ3v) is 3.94. The first-order chi connectivity index (χ1) is 14.2. The van der Waals surface area contributed by atoms with Crippen LogP contribution in [0.3, 0.4) is 0 Å². The molecule has 0 N–H and O–H groups in total. The molecule has 0 fully saturated rings.